The molecule has 0 saturated carbocycles. The summed E-state index contributed by atoms with van der Waals surface area (Å²) in [6.45, 7) is 5.45. The Balaban J connectivity index is 2.34. The lowest BCUT2D eigenvalue weighted by atomic mass is 9.86. The zero-order chi connectivity index (χ0) is 14.3. The topological polar surface area (TPSA) is 75.3 Å². The van der Waals surface area contributed by atoms with Crippen LogP contribution in [0.25, 0.3) is 0 Å². The first-order valence-electron chi connectivity index (χ1n) is 6.23. The van der Waals surface area contributed by atoms with Gasteiger partial charge in [0.1, 0.15) is 0 Å². The molecule has 1 amide bonds. The highest BCUT2D eigenvalue weighted by molar-refractivity contribution is 7.92. The zero-order valence-corrected chi connectivity index (χ0v) is 12.1. The van der Waals surface area contributed by atoms with E-state index in [1.54, 1.807) is 18.2 Å². The van der Waals surface area contributed by atoms with Crippen molar-refractivity contribution in [2.45, 2.75) is 32.6 Å². The number of benzene rings is 1. The molecule has 1 aromatic carbocycles. The van der Waals surface area contributed by atoms with Gasteiger partial charge in [-0.1, -0.05) is 6.92 Å². The standard InChI is InChI=1S/C13H18N2O3S/c1-4-7-19(17,18)15-9-5-6-11-10(8-9)13(2,3)12(16)14-11/h5-6,8,15H,4,7H2,1-3H3,(H,14,16). The smallest absolute Gasteiger partial charge is 0.234 e. The second kappa shape index (κ2) is 4.52. The SMILES string of the molecule is CCCS(=O)(=O)Nc1ccc2c(c1)C(C)(C)C(=O)N2. The predicted octanol–water partition coefficient (Wildman–Crippen LogP) is 2.07. The molecule has 1 aromatic rings. The van der Waals surface area contributed by atoms with E-state index in [2.05, 4.69) is 10.0 Å². The Kier molecular flexibility index (Phi) is 3.30. The van der Waals surface area contributed by atoms with Crippen LogP contribution in [0.2, 0.25) is 0 Å². The summed E-state index contributed by atoms with van der Waals surface area (Å²) in [5.74, 6) is 0.0149. The summed E-state index contributed by atoms with van der Waals surface area (Å²) in [7, 11) is -3.31. The summed E-state index contributed by atoms with van der Waals surface area (Å²) in [5.41, 5.74) is 1.42. The van der Waals surface area contributed by atoms with Crippen molar-refractivity contribution in [2.24, 2.45) is 0 Å². The van der Waals surface area contributed by atoms with Crippen LogP contribution < -0.4 is 10.0 Å². The van der Waals surface area contributed by atoms with Crippen molar-refractivity contribution in [2.75, 3.05) is 15.8 Å². The van der Waals surface area contributed by atoms with E-state index < -0.39 is 15.4 Å². The number of hydrogen-bond acceptors (Lipinski definition) is 3. The van der Waals surface area contributed by atoms with Gasteiger partial charge in [-0.25, -0.2) is 8.42 Å². The van der Waals surface area contributed by atoms with Crippen molar-refractivity contribution < 1.29 is 13.2 Å². The lowest BCUT2D eigenvalue weighted by Crippen LogP contribution is -2.27. The van der Waals surface area contributed by atoms with Gasteiger partial charge in [-0.15, -0.1) is 0 Å². The summed E-state index contributed by atoms with van der Waals surface area (Å²) >= 11 is 0. The Bertz CT molecular complexity index is 621. The van der Waals surface area contributed by atoms with Crippen molar-refractivity contribution >= 4 is 27.3 Å². The molecule has 0 radical (unpaired) electrons. The number of sulfonamides is 1. The van der Waals surface area contributed by atoms with Gasteiger partial charge in [-0.2, -0.15) is 0 Å². The summed E-state index contributed by atoms with van der Waals surface area (Å²) in [6, 6.07) is 5.11. The van der Waals surface area contributed by atoms with Gasteiger partial charge in [0.25, 0.3) is 0 Å². The first-order valence-corrected chi connectivity index (χ1v) is 7.88. The molecule has 0 fully saturated rings. The van der Waals surface area contributed by atoms with Crippen LogP contribution in [-0.2, 0) is 20.2 Å². The van der Waals surface area contributed by atoms with E-state index in [-0.39, 0.29) is 11.7 Å². The maximum absolute atomic E-state index is 11.8. The fourth-order valence-corrected chi connectivity index (χ4v) is 3.26. The van der Waals surface area contributed by atoms with E-state index in [1.165, 1.54) is 0 Å². The zero-order valence-electron chi connectivity index (χ0n) is 11.3. The van der Waals surface area contributed by atoms with Crippen LogP contribution in [-0.4, -0.2) is 20.1 Å². The highest BCUT2D eigenvalue weighted by atomic mass is 32.2. The van der Waals surface area contributed by atoms with Crippen LogP contribution in [0, 0.1) is 0 Å². The van der Waals surface area contributed by atoms with Crippen LogP contribution in [0.4, 0.5) is 11.4 Å². The normalized spacial score (nSPS) is 16.9. The monoisotopic (exact) mass is 282 g/mol. The maximum Gasteiger partial charge on any atom is 0.234 e. The minimum atomic E-state index is -3.31. The number of hydrogen-bond donors (Lipinski definition) is 2. The molecule has 1 heterocycles. The number of anilines is 2. The largest absolute Gasteiger partial charge is 0.325 e. The van der Waals surface area contributed by atoms with Crippen LogP contribution in [0.1, 0.15) is 32.8 Å². The first-order chi connectivity index (χ1) is 8.76. The Hall–Kier alpha value is -1.56. The summed E-state index contributed by atoms with van der Waals surface area (Å²) in [6.07, 6.45) is 0.561. The highest BCUT2D eigenvalue weighted by Gasteiger charge is 2.38. The van der Waals surface area contributed by atoms with Gasteiger partial charge < -0.3 is 5.32 Å². The van der Waals surface area contributed by atoms with E-state index in [0.29, 0.717) is 12.1 Å². The van der Waals surface area contributed by atoms with Gasteiger partial charge in [-0.3, -0.25) is 9.52 Å². The minimum Gasteiger partial charge on any atom is -0.325 e. The molecule has 5 nitrogen and oxygen atoms in total. The number of amides is 1. The quantitative estimate of drug-likeness (QED) is 0.887. The number of rotatable bonds is 4. The van der Waals surface area contributed by atoms with E-state index in [0.717, 1.165) is 11.3 Å². The van der Waals surface area contributed by atoms with Gasteiger partial charge in [0.2, 0.25) is 15.9 Å². The Labute approximate surface area is 113 Å². The average Bonchev–Trinajstić information content (AvgIpc) is 2.50. The van der Waals surface area contributed by atoms with Crippen LogP contribution in [0.5, 0.6) is 0 Å². The third kappa shape index (κ3) is 2.58. The van der Waals surface area contributed by atoms with Gasteiger partial charge in [0, 0.05) is 11.4 Å². The molecule has 0 spiro atoms. The molecule has 1 aliphatic rings. The highest BCUT2D eigenvalue weighted by Crippen LogP contribution is 2.38. The van der Waals surface area contributed by atoms with E-state index in [9.17, 15) is 13.2 Å². The lowest BCUT2D eigenvalue weighted by Gasteiger charge is -2.16. The summed E-state index contributed by atoms with van der Waals surface area (Å²) in [4.78, 5) is 11.8. The van der Waals surface area contributed by atoms with E-state index in [1.807, 2.05) is 20.8 Å². The van der Waals surface area contributed by atoms with E-state index in [4.69, 9.17) is 0 Å². The number of fused-ring (bicyclic) bond motifs is 1. The van der Waals surface area contributed by atoms with Gasteiger partial charge >= 0.3 is 0 Å². The van der Waals surface area contributed by atoms with Crippen LogP contribution in [0.3, 0.4) is 0 Å². The molecule has 2 N–H and O–H groups in total. The Morgan fingerprint density at radius 2 is 2.00 bits per heavy atom. The van der Waals surface area contributed by atoms with Gasteiger partial charge in [0.15, 0.2) is 0 Å². The fraction of sp³-hybridized carbons (Fsp3) is 0.462. The van der Waals surface area contributed by atoms with E-state index >= 15 is 0 Å². The number of carbonyl (C=O) groups excluding carboxylic acids is 1. The molecular formula is C13H18N2O3S. The third-order valence-electron chi connectivity index (χ3n) is 3.25. The molecular weight excluding hydrogens is 264 g/mol. The molecule has 0 atom stereocenters. The Morgan fingerprint density at radius 1 is 1.32 bits per heavy atom. The summed E-state index contributed by atoms with van der Waals surface area (Å²) < 4.78 is 26.0. The molecule has 1 aliphatic heterocycles. The molecule has 0 bridgehead atoms. The Morgan fingerprint density at radius 3 is 2.63 bits per heavy atom. The predicted molar refractivity (Wildman–Crippen MR) is 75.8 cm³/mol. The average molecular weight is 282 g/mol. The molecule has 0 saturated heterocycles. The second-order valence-corrected chi connectivity index (χ2v) is 7.10. The number of nitrogens with one attached hydrogen (secondary N) is 2. The summed E-state index contributed by atoms with van der Waals surface area (Å²) in [5, 5.41) is 2.79. The fourth-order valence-electron chi connectivity index (χ4n) is 2.13. The van der Waals surface area contributed by atoms with Crippen molar-refractivity contribution in [1.82, 2.24) is 0 Å². The number of carbonyl (C=O) groups is 1. The molecule has 0 aliphatic carbocycles. The third-order valence-corrected chi connectivity index (χ3v) is 4.75. The van der Waals surface area contributed by atoms with Crippen molar-refractivity contribution in [3.05, 3.63) is 23.8 Å². The molecule has 104 valence electrons. The van der Waals surface area contributed by atoms with Gasteiger partial charge in [-0.05, 0) is 44.0 Å². The molecule has 2 rings (SSSR count). The molecule has 0 unspecified atom stereocenters. The molecule has 19 heavy (non-hydrogen) atoms. The van der Waals surface area contributed by atoms with Crippen molar-refractivity contribution in [1.29, 1.82) is 0 Å². The van der Waals surface area contributed by atoms with Crippen molar-refractivity contribution in [3.8, 4) is 0 Å². The second-order valence-electron chi connectivity index (χ2n) is 5.26. The minimum absolute atomic E-state index is 0.0731. The molecule has 6 heteroatoms. The van der Waals surface area contributed by atoms with Crippen molar-refractivity contribution in [3.63, 3.8) is 0 Å². The lowest BCUT2D eigenvalue weighted by molar-refractivity contribution is -0.119. The first kappa shape index (κ1) is 13.9. The maximum atomic E-state index is 11.8. The van der Waals surface area contributed by atoms with Crippen LogP contribution in [0.15, 0.2) is 18.2 Å². The molecule has 0 aromatic heterocycles. The van der Waals surface area contributed by atoms with Gasteiger partial charge in [0.05, 0.1) is 11.2 Å². The van der Waals surface area contributed by atoms with Crippen LogP contribution >= 0.6 is 0 Å².